The highest BCUT2D eigenvalue weighted by atomic mass is 32.2. The Bertz CT molecular complexity index is 799. The summed E-state index contributed by atoms with van der Waals surface area (Å²) in [7, 11) is -4.10. The van der Waals surface area contributed by atoms with Crippen molar-refractivity contribution in [1.82, 2.24) is 0 Å². The summed E-state index contributed by atoms with van der Waals surface area (Å²) in [5.41, 5.74) is -0.151. The van der Waals surface area contributed by atoms with E-state index in [0.29, 0.717) is 0 Å². The minimum atomic E-state index is -4.55. The summed E-state index contributed by atoms with van der Waals surface area (Å²) in [6.45, 7) is 1.10. The number of halogens is 3. The maximum Gasteiger partial charge on any atom is 0.416 e. The molecule has 0 heterocycles. The summed E-state index contributed by atoms with van der Waals surface area (Å²) >= 11 is 0. The first-order valence-corrected chi connectivity index (χ1v) is 8.32. The second-order valence-corrected chi connectivity index (χ2v) is 6.81. The second-order valence-electron chi connectivity index (χ2n) is 5.19. The van der Waals surface area contributed by atoms with Gasteiger partial charge in [-0.05, 0) is 36.8 Å². The molecule has 0 fully saturated rings. The third-order valence-electron chi connectivity index (χ3n) is 3.29. The van der Waals surface area contributed by atoms with Gasteiger partial charge in [0.2, 0.25) is 0 Å². The van der Waals surface area contributed by atoms with Crippen LogP contribution in [0.2, 0.25) is 0 Å². The van der Waals surface area contributed by atoms with Crippen LogP contribution in [0.25, 0.3) is 0 Å². The van der Waals surface area contributed by atoms with Crippen molar-refractivity contribution in [2.45, 2.75) is 24.1 Å². The fourth-order valence-electron chi connectivity index (χ4n) is 1.95. The Kier molecular flexibility index (Phi) is 5.32. The summed E-state index contributed by atoms with van der Waals surface area (Å²) in [5, 5.41) is 9.91. The van der Waals surface area contributed by atoms with Crippen molar-refractivity contribution in [3.8, 4) is 0 Å². The number of aliphatic hydroxyl groups is 1. The van der Waals surface area contributed by atoms with E-state index in [1.807, 2.05) is 0 Å². The van der Waals surface area contributed by atoms with Crippen molar-refractivity contribution in [2.75, 3.05) is 6.61 Å². The van der Waals surface area contributed by atoms with Crippen LogP contribution >= 0.6 is 0 Å². The van der Waals surface area contributed by atoms with Gasteiger partial charge in [-0.2, -0.15) is 21.6 Å². The third kappa shape index (κ3) is 4.56. The molecular weight excluding hydrogens is 345 g/mol. The molecule has 8 heteroatoms. The van der Waals surface area contributed by atoms with Gasteiger partial charge < -0.3 is 5.11 Å². The number of benzene rings is 2. The maximum atomic E-state index is 12.7. The molecule has 2 aromatic rings. The van der Waals surface area contributed by atoms with Crippen LogP contribution in [0, 0.1) is 6.92 Å². The van der Waals surface area contributed by atoms with Crippen LogP contribution in [0.15, 0.2) is 53.4 Å². The van der Waals surface area contributed by atoms with Crippen molar-refractivity contribution < 1.29 is 30.9 Å². The zero-order valence-corrected chi connectivity index (χ0v) is 13.4. The molecule has 2 rings (SSSR count). The Morgan fingerprint density at radius 1 is 1.12 bits per heavy atom. The Morgan fingerprint density at radius 2 is 1.75 bits per heavy atom. The molecule has 24 heavy (non-hydrogen) atoms. The second kappa shape index (κ2) is 6.92. The third-order valence-corrected chi connectivity index (χ3v) is 4.59. The predicted molar refractivity (Wildman–Crippen MR) is 80.7 cm³/mol. The molecule has 0 aromatic heterocycles. The topological polar surface area (TPSA) is 63.6 Å². The normalized spacial score (nSPS) is 13.7. The zero-order valence-electron chi connectivity index (χ0n) is 12.6. The number of hydrogen-bond acceptors (Lipinski definition) is 4. The van der Waals surface area contributed by atoms with Gasteiger partial charge in [0.1, 0.15) is 6.10 Å². The van der Waals surface area contributed by atoms with Crippen molar-refractivity contribution in [1.29, 1.82) is 0 Å². The minimum absolute atomic E-state index is 0.0797. The first-order valence-electron chi connectivity index (χ1n) is 6.91. The summed E-state index contributed by atoms with van der Waals surface area (Å²) in [4.78, 5) is -0.0932. The van der Waals surface area contributed by atoms with E-state index in [9.17, 15) is 26.7 Å². The van der Waals surface area contributed by atoms with Gasteiger partial charge in [-0.15, -0.1) is 0 Å². The van der Waals surface area contributed by atoms with Crippen LogP contribution in [-0.2, 0) is 20.5 Å². The SMILES string of the molecule is Cc1ccc(S(=O)(=O)OCC(O)c2cccc(C(F)(F)F)c2)cc1. The average molecular weight is 360 g/mol. The lowest BCUT2D eigenvalue weighted by atomic mass is 10.1. The smallest absolute Gasteiger partial charge is 0.386 e. The molecule has 0 radical (unpaired) electrons. The fourth-order valence-corrected chi connectivity index (χ4v) is 2.86. The van der Waals surface area contributed by atoms with Crippen LogP contribution in [0.1, 0.15) is 22.8 Å². The van der Waals surface area contributed by atoms with Gasteiger partial charge in [0.15, 0.2) is 0 Å². The highest BCUT2D eigenvalue weighted by Crippen LogP contribution is 2.31. The quantitative estimate of drug-likeness (QED) is 0.830. The Labute approximate surface area is 137 Å². The van der Waals surface area contributed by atoms with E-state index >= 15 is 0 Å². The van der Waals surface area contributed by atoms with E-state index in [0.717, 1.165) is 23.8 Å². The zero-order chi connectivity index (χ0) is 18.0. The number of aryl methyl sites for hydroxylation is 1. The summed E-state index contributed by atoms with van der Waals surface area (Å²) in [6.07, 6.45) is -6.06. The van der Waals surface area contributed by atoms with Gasteiger partial charge in [0, 0.05) is 0 Å². The van der Waals surface area contributed by atoms with Crippen LogP contribution in [-0.4, -0.2) is 20.1 Å². The molecule has 0 aliphatic rings. The van der Waals surface area contributed by atoms with Crippen LogP contribution in [0.3, 0.4) is 0 Å². The monoisotopic (exact) mass is 360 g/mol. The Balaban J connectivity index is 2.10. The Morgan fingerprint density at radius 3 is 2.33 bits per heavy atom. The number of hydrogen-bond donors (Lipinski definition) is 1. The molecule has 1 unspecified atom stereocenters. The molecule has 0 aliphatic carbocycles. The molecule has 4 nitrogen and oxygen atoms in total. The standard InChI is InChI=1S/C16H15F3O4S/c1-11-5-7-14(8-6-11)24(21,22)23-10-15(20)12-3-2-4-13(9-12)16(17,18)19/h2-9,15,20H,10H2,1H3. The largest absolute Gasteiger partial charge is 0.416 e. The predicted octanol–water partition coefficient (Wildman–Crippen LogP) is 3.45. The van der Waals surface area contributed by atoms with Crippen LogP contribution in [0.5, 0.6) is 0 Å². The van der Waals surface area contributed by atoms with Gasteiger partial charge in [0.05, 0.1) is 17.1 Å². The molecule has 0 aliphatic heterocycles. The maximum absolute atomic E-state index is 12.7. The molecule has 0 amide bonds. The fraction of sp³-hybridized carbons (Fsp3) is 0.250. The highest BCUT2D eigenvalue weighted by molar-refractivity contribution is 7.86. The molecule has 0 bridgehead atoms. The van der Waals surface area contributed by atoms with Gasteiger partial charge in [0.25, 0.3) is 10.1 Å². The van der Waals surface area contributed by atoms with Crippen molar-refractivity contribution in [3.63, 3.8) is 0 Å². The number of rotatable bonds is 5. The van der Waals surface area contributed by atoms with E-state index in [-0.39, 0.29) is 10.5 Å². The van der Waals surface area contributed by atoms with Crippen molar-refractivity contribution >= 4 is 10.1 Å². The van der Waals surface area contributed by atoms with Gasteiger partial charge in [-0.3, -0.25) is 4.18 Å². The summed E-state index contributed by atoms with van der Waals surface area (Å²) < 4.78 is 66.7. The first kappa shape index (κ1) is 18.4. The molecule has 1 atom stereocenters. The minimum Gasteiger partial charge on any atom is -0.386 e. The number of aliphatic hydroxyl groups excluding tert-OH is 1. The van der Waals surface area contributed by atoms with Gasteiger partial charge in [-0.25, -0.2) is 0 Å². The van der Waals surface area contributed by atoms with E-state index in [4.69, 9.17) is 4.18 Å². The number of alkyl halides is 3. The molecule has 0 spiro atoms. The lowest BCUT2D eigenvalue weighted by Gasteiger charge is -2.14. The van der Waals surface area contributed by atoms with Crippen molar-refractivity contribution in [2.24, 2.45) is 0 Å². The average Bonchev–Trinajstić information content (AvgIpc) is 2.52. The van der Waals surface area contributed by atoms with Gasteiger partial charge in [-0.1, -0.05) is 29.8 Å². The van der Waals surface area contributed by atoms with Gasteiger partial charge >= 0.3 is 6.18 Å². The van der Waals surface area contributed by atoms with Crippen LogP contribution < -0.4 is 0 Å². The van der Waals surface area contributed by atoms with E-state index in [2.05, 4.69) is 0 Å². The molecule has 0 saturated heterocycles. The molecule has 1 N–H and O–H groups in total. The Hall–Kier alpha value is -1.90. The van der Waals surface area contributed by atoms with Crippen molar-refractivity contribution in [3.05, 3.63) is 65.2 Å². The lowest BCUT2D eigenvalue weighted by Crippen LogP contribution is -2.14. The lowest BCUT2D eigenvalue weighted by molar-refractivity contribution is -0.137. The van der Waals surface area contributed by atoms with E-state index < -0.39 is 34.6 Å². The molecule has 130 valence electrons. The first-order chi connectivity index (χ1) is 11.1. The summed E-state index contributed by atoms with van der Waals surface area (Å²) in [5.74, 6) is 0. The summed E-state index contributed by atoms with van der Waals surface area (Å²) in [6, 6.07) is 9.88. The molecule has 0 saturated carbocycles. The van der Waals surface area contributed by atoms with E-state index in [1.54, 1.807) is 19.1 Å². The molecule has 2 aromatic carbocycles. The molecular formula is C16H15F3O4S. The van der Waals surface area contributed by atoms with Crippen LogP contribution in [0.4, 0.5) is 13.2 Å². The highest BCUT2D eigenvalue weighted by Gasteiger charge is 2.31. The van der Waals surface area contributed by atoms with E-state index in [1.165, 1.54) is 18.2 Å².